The van der Waals surface area contributed by atoms with E-state index in [1.807, 2.05) is 0 Å². The van der Waals surface area contributed by atoms with Gasteiger partial charge in [-0.1, -0.05) is 0 Å². The van der Waals surface area contributed by atoms with Gasteiger partial charge in [-0.25, -0.2) is 0 Å². The Labute approximate surface area is 109 Å². The van der Waals surface area contributed by atoms with Gasteiger partial charge in [-0.3, -0.25) is 14.1 Å². The van der Waals surface area contributed by atoms with Crippen LogP contribution in [0.4, 0.5) is 5.69 Å². The normalized spacial score (nSPS) is 19.5. The fourth-order valence-electron chi connectivity index (χ4n) is 1.63. The SMILES string of the molecule is CC1C(=O)N(c2ccc(S(=O)(=O)O)cc2)N=C1C=O. The van der Waals surface area contributed by atoms with E-state index in [1.165, 1.54) is 12.1 Å². The van der Waals surface area contributed by atoms with Crippen LogP contribution < -0.4 is 5.01 Å². The van der Waals surface area contributed by atoms with Gasteiger partial charge >= 0.3 is 0 Å². The maximum atomic E-state index is 11.8. The van der Waals surface area contributed by atoms with Gasteiger partial charge in [0, 0.05) is 0 Å². The van der Waals surface area contributed by atoms with Crippen LogP contribution in [-0.4, -0.2) is 30.9 Å². The molecule has 0 radical (unpaired) electrons. The minimum absolute atomic E-state index is 0.115. The molecule has 8 heteroatoms. The van der Waals surface area contributed by atoms with Crippen LogP contribution in [0.15, 0.2) is 34.3 Å². The molecule has 1 aromatic carbocycles. The van der Waals surface area contributed by atoms with Gasteiger partial charge in [0.1, 0.15) is 5.71 Å². The van der Waals surface area contributed by atoms with E-state index in [1.54, 1.807) is 6.92 Å². The van der Waals surface area contributed by atoms with Gasteiger partial charge < -0.3 is 0 Å². The largest absolute Gasteiger partial charge is 0.296 e. The number of aldehydes is 1. The molecule has 1 aliphatic rings. The van der Waals surface area contributed by atoms with Crippen molar-refractivity contribution < 1.29 is 22.6 Å². The van der Waals surface area contributed by atoms with Crippen LogP contribution in [0.25, 0.3) is 0 Å². The highest BCUT2D eigenvalue weighted by Crippen LogP contribution is 2.24. The summed E-state index contributed by atoms with van der Waals surface area (Å²) in [4.78, 5) is 22.3. The molecule has 7 nitrogen and oxygen atoms in total. The number of carbonyl (C=O) groups excluding carboxylic acids is 2. The van der Waals surface area contributed by atoms with E-state index in [2.05, 4.69) is 5.10 Å². The Morgan fingerprint density at radius 2 is 1.89 bits per heavy atom. The lowest BCUT2D eigenvalue weighted by molar-refractivity contribution is -0.119. The van der Waals surface area contributed by atoms with Gasteiger partial charge in [-0.2, -0.15) is 18.5 Å². The third-order valence-electron chi connectivity index (χ3n) is 2.74. The number of rotatable bonds is 3. The molecule has 100 valence electrons. The van der Waals surface area contributed by atoms with E-state index in [0.717, 1.165) is 17.1 Å². The highest BCUT2D eigenvalue weighted by atomic mass is 32.2. The molecule has 0 fully saturated rings. The van der Waals surface area contributed by atoms with Crippen LogP contribution in [0.1, 0.15) is 6.92 Å². The summed E-state index contributed by atoms with van der Waals surface area (Å²) >= 11 is 0. The van der Waals surface area contributed by atoms with Crippen molar-refractivity contribution in [2.75, 3.05) is 5.01 Å². The number of hydrogen-bond acceptors (Lipinski definition) is 5. The molecule has 0 saturated heterocycles. The van der Waals surface area contributed by atoms with Gasteiger partial charge in [0.2, 0.25) is 0 Å². The van der Waals surface area contributed by atoms with E-state index in [-0.39, 0.29) is 16.5 Å². The van der Waals surface area contributed by atoms with Crippen molar-refractivity contribution in [3.8, 4) is 0 Å². The Morgan fingerprint density at radius 1 is 1.32 bits per heavy atom. The van der Waals surface area contributed by atoms with Crippen LogP contribution in [0.5, 0.6) is 0 Å². The van der Waals surface area contributed by atoms with E-state index in [9.17, 15) is 18.0 Å². The number of hydrazone groups is 1. The van der Waals surface area contributed by atoms with Gasteiger partial charge in [-0.15, -0.1) is 0 Å². The van der Waals surface area contributed by atoms with Crippen molar-refractivity contribution in [2.45, 2.75) is 11.8 Å². The molecule has 0 aliphatic carbocycles. The number of carbonyl (C=O) groups is 2. The molecule has 0 bridgehead atoms. The smallest absolute Gasteiger partial charge is 0.294 e. The van der Waals surface area contributed by atoms with Crippen molar-refractivity contribution in [3.05, 3.63) is 24.3 Å². The zero-order valence-corrected chi connectivity index (χ0v) is 10.7. The van der Waals surface area contributed by atoms with Crippen molar-refractivity contribution >= 4 is 33.7 Å². The summed E-state index contributed by atoms with van der Waals surface area (Å²) in [6.07, 6.45) is 0.509. The summed E-state index contributed by atoms with van der Waals surface area (Å²) in [5, 5.41) is 4.88. The third-order valence-corrected chi connectivity index (χ3v) is 3.61. The number of nitrogens with zero attached hydrogens (tertiary/aromatic N) is 2. The highest BCUT2D eigenvalue weighted by molar-refractivity contribution is 7.85. The molecule has 2 rings (SSSR count). The monoisotopic (exact) mass is 282 g/mol. The lowest BCUT2D eigenvalue weighted by Crippen LogP contribution is -2.25. The maximum Gasteiger partial charge on any atom is 0.294 e. The van der Waals surface area contributed by atoms with Crippen LogP contribution in [-0.2, 0) is 19.7 Å². The summed E-state index contributed by atoms with van der Waals surface area (Å²) in [7, 11) is -4.28. The predicted molar refractivity (Wildman–Crippen MR) is 66.4 cm³/mol. The zero-order chi connectivity index (χ0) is 14.2. The van der Waals surface area contributed by atoms with Crippen LogP contribution >= 0.6 is 0 Å². The van der Waals surface area contributed by atoms with Gasteiger partial charge in [0.15, 0.2) is 6.29 Å². The Bertz CT molecular complexity index is 663. The second-order valence-corrected chi connectivity index (χ2v) is 5.40. The number of benzene rings is 1. The van der Waals surface area contributed by atoms with Gasteiger partial charge in [-0.05, 0) is 31.2 Å². The lowest BCUT2D eigenvalue weighted by Gasteiger charge is -2.12. The van der Waals surface area contributed by atoms with E-state index < -0.39 is 16.0 Å². The molecule has 1 heterocycles. The maximum absolute atomic E-state index is 11.8. The van der Waals surface area contributed by atoms with E-state index in [4.69, 9.17) is 4.55 Å². The minimum Gasteiger partial charge on any atom is -0.296 e. The van der Waals surface area contributed by atoms with Crippen LogP contribution in [0.2, 0.25) is 0 Å². The quantitative estimate of drug-likeness (QED) is 0.641. The molecule has 1 atom stereocenters. The first-order chi connectivity index (χ1) is 8.84. The molecular formula is C11H10N2O5S. The number of anilines is 1. The molecule has 0 saturated carbocycles. The van der Waals surface area contributed by atoms with Crippen molar-refractivity contribution in [1.29, 1.82) is 0 Å². The van der Waals surface area contributed by atoms with Crippen LogP contribution in [0, 0.1) is 5.92 Å². The first kappa shape index (κ1) is 13.4. The first-order valence-electron chi connectivity index (χ1n) is 5.30. The summed E-state index contributed by atoms with van der Waals surface area (Å²) in [6, 6.07) is 4.95. The molecule has 0 spiro atoms. The summed E-state index contributed by atoms with van der Waals surface area (Å²) in [5.74, 6) is -1.000. The molecule has 1 aromatic rings. The first-order valence-corrected chi connectivity index (χ1v) is 6.74. The Balaban J connectivity index is 2.37. The second-order valence-electron chi connectivity index (χ2n) is 3.98. The molecule has 19 heavy (non-hydrogen) atoms. The van der Waals surface area contributed by atoms with Crippen molar-refractivity contribution in [2.24, 2.45) is 11.0 Å². The molecule has 1 amide bonds. The molecule has 0 aromatic heterocycles. The number of hydrogen-bond donors (Lipinski definition) is 1. The molecular weight excluding hydrogens is 272 g/mol. The van der Waals surface area contributed by atoms with Gasteiger partial charge in [0.05, 0.1) is 16.5 Å². The summed E-state index contributed by atoms with van der Waals surface area (Å²) in [5.41, 5.74) is 0.435. The fourth-order valence-corrected chi connectivity index (χ4v) is 2.11. The average molecular weight is 282 g/mol. The highest BCUT2D eigenvalue weighted by Gasteiger charge is 2.32. The zero-order valence-electron chi connectivity index (χ0n) is 9.85. The van der Waals surface area contributed by atoms with E-state index >= 15 is 0 Å². The predicted octanol–water partition coefficient (Wildman–Crippen LogP) is 0.471. The summed E-state index contributed by atoms with van der Waals surface area (Å²) in [6.45, 7) is 1.56. The van der Waals surface area contributed by atoms with Gasteiger partial charge in [0.25, 0.3) is 16.0 Å². The minimum atomic E-state index is -4.28. The number of amides is 1. The van der Waals surface area contributed by atoms with Crippen molar-refractivity contribution in [3.63, 3.8) is 0 Å². The molecule has 1 aliphatic heterocycles. The lowest BCUT2D eigenvalue weighted by atomic mass is 10.1. The third kappa shape index (κ3) is 2.40. The average Bonchev–Trinajstić information content (AvgIpc) is 2.65. The Morgan fingerprint density at radius 3 is 2.32 bits per heavy atom. The molecule has 1 N–H and O–H groups in total. The Kier molecular flexibility index (Phi) is 3.21. The summed E-state index contributed by atoms with van der Waals surface area (Å²) < 4.78 is 30.6. The van der Waals surface area contributed by atoms with Crippen molar-refractivity contribution in [1.82, 2.24) is 0 Å². The fraction of sp³-hybridized carbons (Fsp3) is 0.182. The standard InChI is InChI=1S/C11H10N2O5S/c1-7-10(6-14)12-13(11(7)15)8-2-4-9(5-3-8)19(16,17)18/h2-7H,1H3,(H,16,17,18). The van der Waals surface area contributed by atoms with E-state index in [0.29, 0.717) is 12.0 Å². The topological polar surface area (TPSA) is 104 Å². The Hall–Kier alpha value is -2.06. The molecule has 1 unspecified atom stereocenters. The second kappa shape index (κ2) is 4.56. The van der Waals surface area contributed by atoms with Crippen LogP contribution in [0.3, 0.4) is 0 Å².